The lowest BCUT2D eigenvalue weighted by atomic mass is 9.87. The summed E-state index contributed by atoms with van der Waals surface area (Å²) < 4.78 is 16.7. The molecule has 1 aliphatic carbocycles. The molecule has 0 radical (unpaired) electrons. The zero-order valence-electron chi connectivity index (χ0n) is 19.7. The number of carbonyl (C=O) groups is 2. The second-order valence-electron chi connectivity index (χ2n) is 8.59. The van der Waals surface area contributed by atoms with Gasteiger partial charge in [0.05, 0.1) is 12.0 Å². The lowest BCUT2D eigenvalue weighted by Crippen LogP contribution is -2.29. The van der Waals surface area contributed by atoms with Crippen LogP contribution in [-0.2, 0) is 25.7 Å². The minimum absolute atomic E-state index is 0.0434. The standard InChI is InChI=1S/C27H34N2O5/c1-2-3-16-32-23-12-7-20(8-13-23)27(31)34-24-10-4-19(5-11-24)6-15-26(30)33-18-21-17-22(28)9-14-25(21)29/h4-6,9-11,14-15,17,20,23H,2-3,7-8,12-13,16,18,28-29H2,1H3/b15-6+. The molecular formula is C27H34N2O5. The molecule has 182 valence electrons. The Bertz CT molecular complexity index is 979. The predicted molar refractivity (Wildman–Crippen MR) is 133 cm³/mol. The van der Waals surface area contributed by atoms with Gasteiger partial charge in [-0.15, -0.1) is 0 Å². The van der Waals surface area contributed by atoms with Gasteiger partial charge in [-0.3, -0.25) is 4.79 Å². The third-order valence-corrected chi connectivity index (χ3v) is 5.91. The van der Waals surface area contributed by atoms with E-state index in [-0.39, 0.29) is 24.6 Å². The van der Waals surface area contributed by atoms with Gasteiger partial charge in [-0.25, -0.2) is 4.79 Å². The van der Waals surface area contributed by atoms with Crippen molar-refractivity contribution in [2.24, 2.45) is 5.92 Å². The first kappa shape index (κ1) is 25.3. The Hall–Kier alpha value is -3.32. The number of unbranched alkanes of at least 4 members (excludes halogenated alkanes) is 1. The van der Waals surface area contributed by atoms with Crippen molar-refractivity contribution in [3.05, 3.63) is 59.7 Å². The van der Waals surface area contributed by atoms with E-state index in [1.54, 1.807) is 48.5 Å². The molecule has 0 heterocycles. The van der Waals surface area contributed by atoms with Crippen molar-refractivity contribution >= 4 is 29.4 Å². The molecule has 0 unspecified atom stereocenters. The van der Waals surface area contributed by atoms with Gasteiger partial charge in [0.25, 0.3) is 0 Å². The van der Waals surface area contributed by atoms with Crippen LogP contribution in [0.1, 0.15) is 56.6 Å². The molecule has 2 aromatic carbocycles. The third-order valence-electron chi connectivity index (χ3n) is 5.91. The van der Waals surface area contributed by atoms with Crippen LogP contribution in [0.15, 0.2) is 48.5 Å². The summed E-state index contributed by atoms with van der Waals surface area (Å²) in [6.07, 6.45) is 8.81. The summed E-state index contributed by atoms with van der Waals surface area (Å²) in [6, 6.07) is 12.0. The normalized spacial score (nSPS) is 18.0. The van der Waals surface area contributed by atoms with Crippen LogP contribution in [0, 0.1) is 5.92 Å². The molecule has 2 aromatic rings. The highest BCUT2D eigenvalue weighted by molar-refractivity contribution is 5.87. The number of hydrogen-bond acceptors (Lipinski definition) is 7. The Morgan fingerprint density at radius 2 is 1.76 bits per heavy atom. The molecule has 0 spiro atoms. The highest BCUT2D eigenvalue weighted by Gasteiger charge is 2.28. The van der Waals surface area contributed by atoms with E-state index in [1.165, 1.54) is 6.08 Å². The fraction of sp³-hybridized carbons (Fsp3) is 0.407. The first-order chi connectivity index (χ1) is 16.4. The van der Waals surface area contributed by atoms with Gasteiger partial charge in [0.1, 0.15) is 12.4 Å². The molecule has 0 aliphatic heterocycles. The van der Waals surface area contributed by atoms with Crippen LogP contribution < -0.4 is 16.2 Å². The molecule has 7 heteroatoms. The van der Waals surface area contributed by atoms with Crippen LogP contribution in [0.2, 0.25) is 0 Å². The Morgan fingerprint density at radius 3 is 2.47 bits per heavy atom. The average molecular weight is 467 g/mol. The smallest absolute Gasteiger partial charge is 0.331 e. The van der Waals surface area contributed by atoms with Crippen LogP contribution in [0.5, 0.6) is 5.75 Å². The number of rotatable bonds is 10. The van der Waals surface area contributed by atoms with E-state index in [0.29, 0.717) is 22.7 Å². The quantitative estimate of drug-likeness (QED) is 0.168. The summed E-state index contributed by atoms with van der Waals surface area (Å²) in [6.45, 7) is 2.99. The van der Waals surface area contributed by atoms with E-state index in [2.05, 4.69) is 6.92 Å². The summed E-state index contributed by atoms with van der Waals surface area (Å²) in [4.78, 5) is 24.5. The Labute approximate surface area is 201 Å². The van der Waals surface area contributed by atoms with E-state index < -0.39 is 5.97 Å². The van der Waals surface area contributed by atoms with Crippen LogP contribution in [-0.4, -0.2) is 24.6 Å². The Balaban J connectivity index is 1.42. The molecule has 7 nitrogen and oxygen atoms in total. The number of esters is 2. The van der Waals surface area contributed by atoms with Crippen LogP contribution >= 0.6 is 0 Å². The molecule has 1 saturated carbocycles. The van der Waals surface area contributed by atoms with E-state index in [9.17, 15) is 9.59 Å². The van der Waals surface area contributed by atoms with E-state index in [0.717, 1.165) is 50.7 Å². The first-order valence-corrected chi connectivity index (χ1v) is 11.9. The van der Waals surface area contributed by atoms with Gasteiger partial charge in [-0.05, 0) is 74.1 Å². The number of benzene rings is 2. The SMILES string of the molecule is CCCCOC1CCC(C(=O)Oc2ccc(/C=C/C(=O)OCc3cc(N)ccc3N)cc2)CC1. The molecule has 0 saturated heterocycles. The second kappa shape index (κ2) is 12.8. The number of anilines is 2. The van der Waals surface area contributed by atoms with Crippen molar-refractivity contribution in [3.63, 3.8) is 0 Å². The first-order valence-electron chi connectivity index (χ1n) is 11.9. The number of nitrogen functional groups attached to an aromatic ring is 2. The van der Waals surface area contributed by atoms with Gasteiger partial charge in [0, 0.05) is 29.6 Å². The maximum atomic E-state index is 12.5. The van der Waals surface area contributed by atoms with Gasteiger partial charge in [0.15, 0.2) is 0 Å². The number of ether oxygens (including phenoxy) is 3. The number of nitrogens with two attached hydrogens (primary N) is 2. The average Bonchev–Trinajstić information content (AvgIpc) is 2.84. The molecule has 1 aliphatic rings. The van der Waals surface area contributed by atoms with Crippen LogP contribution in [0.3, 0.4) is 0 Å². The highest BCUT2D eigenvalue weighted by atomic mass is 16.5. The lowest BCUT2D eigenvalue weighted by Gasteiger charge is -2.27. The van der Waals surface area contributed by atoms with Gasteiger partial charge in [-0.1, -0.05) is 25.5 Å². The molecule has 1 fully saturated rings. The van der Waals surface area contributed by atoms with E-state index >= 15 is 0 Å². The predicted octanol–water partition coefficient (Wildman–Crippen LogP) is 4.89. The maximum absolute atomic E-state index is 12.5. The van der Waals surface area contributed by atoms with Crippen molar-refractivity contribution in [3.8, 4) is 5.75 Å². The molecule has 0 bridgehead atoms. The lowest BCUT2D eigenvalue weighted by molar-refractivity contribution is -0.141. The van der Waals surface area contributed by atoms with E-state index in [1.807, 2.05) is 0 Å². The van der Waals surface area contributed by atoms with Gasteiger partial charge < -0.3 is 25.7 Å². The Kier molecular flexibility index (Phi) is 9.52. The third kappa shape index (κ3) is 7.92. The zero-order valence-corrected chi connectivity index (χ0v) is 19.7. The summed E-state index contributed by atoms with van der Waals surface area (Å²) in [5.41, 5.74) is 14.1. The Morgan fingerprint density at radius 1 is 1.03 bits per heavy atom. The summed E-state index contributed by atoms with van der Waals surface area (Å²) >= 11 is 0. The van der Waals surface area contributed by atoms with Crippen molar-refractivity contribution in [1.82, 2.24) is 0 Å². The summed E-state index contributed by atoms with van der Waals surface area (Å²) in [5.74, 6) is -0.288. The summed E-state index contributed by atoms with van der Waals surface area (Å²) in [7, 11) is 0. The number of carbonyl (C=O) groups excluding carboxylic acids is 2. The summed E-state index contributed by atoms with van der Waals surface area (Å²) in [5, 5.41) is 0. The second-order valence-corrected chi connectivity index (χ2v) is 8.59. The fourth-order valence-corrected chi connectivity index (χ4v) is 3.82. The van der Waals surface area contributed by atoms with Crippen molar-refractivity contribution in [2.75, 3.05) is 18.1 Å². The zero-order chi connectivity index (χ0) is 24.3. The van der Waals surface area contributed by atoms with Crippen molar-refractivity contribution < 1.29 is 23.8 Å². The minimum Gasteiger partial charge on any atom is -0.458 e. The number of hydrogen-bond donors (Lipinski definition) is 2. The van der Waals surface area contributed by atoms with Gasteiger partial charge in [0.2, 0.25) is 0 Å². The fourth-order valence-electron chi connectivity index (χ4n) is 3.82. The molecule has 4 N–H and O–H groups in total. The van der Waals surface area contributed by atoms with Crippen molar-refractivity contribution in [1.29, 1.82) is 0 Å². The molecule has 0 atom stereocenters. The monoisotopic (exact) mass is 466 g/mol. The molecule has 34 heavy (non-hydrogen) atoms. The highest BCUT2D eigenvalue weighted by Crippen LogP contribution is 2.28. The minimum atomic E-state index is -0.494. The van der Waals surface area contributed by atoms with Crippen LogP contribution in [0.25, 0.3) is 6.08 Å². The van der Waals surface area contributed by atoms with E-state index in [4.69, 9.17) is 25.7 Å². The molecular weight excluding hydrogens is 432 g/mol. The maximum Gasteiger partial charge on any atom is 0.331 e. The molecule has 3 rings (SSSR count). The largest absolute Gasteiger partial charge is 0.458 e. The van der Waals surface area contributed by atoms with Gasteiger partial charge in [-0.2, -0.15) is 0 Å². The topological polar surface area (TPSA) is 114 Å². The van der Waals surface area contributed by atoms with Crippen molar-refractivity contribution in [2.45, 2.75) is 58.2 Å². The molecule has 0 aromatic heterocycles. The molecule has 0 amide bonds. The van der Waals surface area contributed by atoms with Crippen LogP contribution in [0.4, 0.5) is 11.4 Å². The van der Waals surface area contributed by atoms with Gasteiger partial charge >= 0.3 is 11.9 Å².